The second kappa shape index (κ2) is 5.20. The zero-order valence-electron chi connectivity index (χ0n) is 11.0. The molecule has 0 aliphatic rings. The Labute approximate surface area is 111 Å². The normalized spacial score (nSPS) is 14.5. The predicted octanol–water partition coefficient (Wildman–Crippen LogP) is 3.56. The first-order valence-corrected chi connectivity index (χ1v) is 6.64. The molecule has 1 rings (SSSR count). The second-order valence-electron chi connectivity index (χ2n) is 5.24. The number of rotatable bonds is 2. The molecule has 2 nitrogen and oxygen atoms in total. The van der Waals surface area contributed by atoms with Crippen LogP contribution in [0.1, 0.15) is 31.9 Å². The highest BCUT2D eigenvalue weighted by molar-refractivity contribution is 7.83. The minimum atomic E-state index is -4.75. The van der Waals surface area contributed by atoms with Crippen LogP contribution in [0.4, 0.5) is 17.6 Å². The standard InChI is InChI=1S/C12H15F4NOS/c1-7-5-8(12(14,15)16)10(9(13)6-7)19(18)17-11(2,3)4/h5-6,17H,1-4H3. The molecule has 1 aromatic carbocycles. The monoisotopic (exact) mass is 297 g/mol. The fourth-order valence-corrected chi connectivity index (χ4v) is 2.73. The molecule has 1 aromatic rings. The summed E-state index contributed by atoms with van der Waals surface area (Å²) in [7, 11) is -2.28. The third-order valence-corrected chi connectivity index (χ3v) is 3.66. The van der Waals surface area contributed by atoms with E-state index in [1.807, 2.05) is 0 Å². The Morgan fingerprint density at radius 1 is 1.16 bits per heavy atom. The summed E-state index contributed by atoms with van der Waals surface area (Å²) in [5, 5.41) is 0. The van der Waals surface area contributed by atoms with E-state index in [-0.39, 0.29) is 5.56 Å². The van der Waals surface area contributed by atoms with Gasteiger partial charge in [0, 0.05) is 5.54 Å². The predicted molar refractivity (Wildman–Crippen MR) is 65.4 cm³/mol. The Morgan fingerprint density at radius 2 is 1.68 bits per heavy atom. The Kier molecular flexibility index (Phi) is 4.41. The maximum Gasteiger partial charge on any atom is 0.417 e. The van der Waals surface area contributed by atoms with Crippen molar-refractivity contribution in [2.45, 2.75) is 44.3 Å². The Morgan fingerprint density at radius 3 is 2.11 bits per heavy atom. The van der Waals surface area contributed by atoms with E-state index >= 15 is 0 Å². The average molecular weight is 297 g/mol. The van der Waals surface area contributed by atoms with E-state index in [0.29, 0.717) is 0 Å². The topological polar surface area (TPSA) is 29.1 Å². The molecule has 0 heterocycles. The van der Waals surface area contributed by atoms with Gasteiger partial charge in [-0.1, -0.05) is 0 Å². The Balaban J connectivity index is 3.38. The summed E-state index contributed by atoms with van der Waals surface area (Å²) in [6.45, 7) is 6.24. The molecular formula is C12H15F4NOS. The average Bonchev–Trinajstić information content (AvgIpc) is 2.11. The molecule has 0 saturated carbocycles. The fourth-order valence-electron chi connectivity index (χ4n) is 1.46. The maximum atomic E-state index is 13.7. The lowest BCUT2D eigenvalue weighted by atomic mass is 10.1. The van der Waals surface area contributed by atoms with Crippen molar-refractivity contribution >= 4 is 11.0 Å². The molecule has 0 saturated heterocycles. The SMILES string of the molecule is Cc1cc(F)c(S(=O)NC(C)(C)C)c(C(F)(F)F)c1. The van der Waals surface area contributed by atoms with Crippen LogP contribution in [-0.4, -0.2) is 9.75 Å². The molecule has 0 radical (unpaired) electrons. The Hall–Kier alpha value is -0.950. The third kappa shape index (κ3) is 4.28. The van der Waals surface area contributed by atoms with E-state index in [4.69, 9.17) is 0 Å². The smallest absolute Gasteiger partial charge is 0.237 e. The van der Waals surface area contributed by atoms with E-state index in [9.17, 15) is 21.8 Å². The van der Waals surface area contributed by atoms with Gasteiger partial charge in [0.1, 0.15) is 21.7 Å². The number of halogens is 4. The zero-order chi connectivity index (χ0) is 15.0. The zero-order valence-corrected chi connectivity index (χ0v) is 11.8. The number of hydrogen-bond acceptors (Lipinski definition) is 1. The summed E-state index contributed by atoms with van der Waals surface area (Å²) >= 11 is 0. The summed E-state index contributed by atoms with van der Waals surface area (Å²) in [5.74, 6) is -1.12. The van der Waals surface area contributed by atoms with Crippen LogP contribution in [0, 0.1) is 12.7 Å². The number of hydrogen-bond donors (Lipinski definition) is 1. The highest BCUT2D eigenvalue weighted by atomic mass is 32.2. The molecule has 1 atom stereocenters. The van der Waals surface area contributed by atoms with Gasteiger partial charge in [0.05, 0.1) is 5.56 Å². The van der Waals surface area contributed by atoms with E-state index in [1.54, 1.807) is 20.8 Å². The second-order valence-corrected chi connectivity index (χ2v) is 6.39. The van der Waals surface area contributed by atoms with Crippen molar-refractivity contribution in [3.05, 3.63) is 29.1 Å². The first-order valence-electron chi connectivity index (χ1n) is 5.49. The van der Waals surface area contributed by atoms with Crippen molar-refractivity contribution in [3.8, 4) is 0 Å². The van der Waals surface area contributed by atoms with Gasteiger partial charge in [-0.05, 0) is 45.4 Å². The lowest BCUT2D eigenvalue weighted by Crippen LogP contribution is -2.38. The Bertz CT molecular complexity index is 506. The van der Waals surface area contributed by atoms with Crippen LogP contribution in [0.2, 0.25) is 0 Å². The molecule has 1 N–H and O–H groups in total. The van der Waals surface area contributed by atoms with Gasteiger partial charge >= 0.3 is 6.18 Å². The molecule has 0 aliphatic heterocycles. The highest BCUT2D eigenvalue weighted by Gasteiger charge is 2.37. The molecule has 0 aromatic heterocycles. The van der Waals surface area contributed by atoms with Crippen molar-refractivity contribution in [2.75, 3.05) is 0 Å². The van der Waals surface area contributed by atoms with Gasteiger partial charge in [-0.25, -0.2) is 13.3 Å². The lowest BCUT2D eigenvalue weighted by molar-refractivity contribution is -0.140. The summed E-state index contributed by atoms with van der Waals surface area (Å²) in [6.07, 6.45) is -4.75. The summed E-state index contributed by atoms with van der Waals surface area (Å²) < 4.78 is 66.7. The van der Waals surface area contributed by atoms with E-state index < -0.39 is 39.0 Å². The number of nitrogens with one attached hydrogen (secondary N) is 1. The van der Waals surface area contributed by atoms with E-state index in [0.717, 1.165) is 12.1 Å². The highest BCUT2D eigenvalue weighted by Crippen LogP contribution is 2.35. The van der Waals surface area contributed by atoms with Gasteiger partial charge < -0.3 is 0 Å². The lowest BCUT2D eigenvalue weighted by Gasteiger charge is -2.21. The van der Waals surface area contributed by atoms with Gasteiger partial charge in [0.15, 0.2) is 0 Å². The third-order valence-electron chi connectivity index (χ3n) is 2.08. The van der Waals surface area contributed by atoms with Crippen molar-refractivity contribution in [1.82, 2.24) is 4.72 Å². The van der Waals surface area contributed by atoms with Gasteiger partial charge in [0.25, 0.3) is 0 Å². The fraction of sp³-hybridized carbons (Fsp3) is 0.500. The number of aryl methyl sites for hydroxylation is 1. The molecule has 0 fully saturated rings. The van der Waals surface area contributed by atoms with Crippen LogP contribution in [0.5, 0.6) is 0 Å². The van der Waals surface area contributed by atoms with Crippen LogP contribution < -0.4 is 4.72 Å². The molecule has 7 heteroatoms. The number of alkyl halides is 3. The van der Waals surface area contributed by atoms with E-state index in [2.05, 4.69) is 4.72 Å². The maximum absolute atomic E-state index is 13.7. The first kappa shape index (κ1) is 16.1. The van der Waals surface area contributed by atoms with Crippen LogP contribution in [0.15, 0.2) is 17.0 Å². The van der Waals surface area contributed by atoms with Crippen molar-refractivity contribution in [2.24, 2.45) is 0 Å². The molecule has 0 amide bonds. The van der Waals surface area contributed by atoms with Crippen molar-refractivity contribution in [3.63, 3.8) is 0 Å². The molecule has 19 heavy (non-hydrogen) atoms. The van der Waals surface area contributed by atoms with Crippen LogP contribution in [-0.2, 0) is 17.2 Å². The quantitative estimate of drug-likeness (QED) is 0.831. The minimum absolute atomic E-state index is 0.126. The number of benzene rings is 1. The molecule has 1 unspecified atom stereocenters. The minimum Gasteiger partial charge on any atom is -0.237 e. The molecule has 0 spiro atoms. The molecular weight excluding hydrogens is 282 g/mol. The van der Waals surface area contributed by atoms with Crippen LogP contribution in [0.25, 0.3) is 0 Å². The summed E-state index contributed by atoms with van der Waals surface area (Å²) in [5.41, 5.74) is -1.79. The molecule has 0 bridgehead atoms. The van der Waals surface area contributed by atoms with Gasteiger partial charge in [-0.3, -0.25) is 0 Å². The summed E-state index contributed by atoms with van der Waals surface area (Å²) in [6, 6.07) is 1.73. The summed E-state index contributed by atoms with van der Waals surface area (Å²) in [4.78, 5) is -0.854. The van der Waals surface area contributed by atoms with Gasteiger partial charge in [0.2, 0.25) is 0 Å². The van der Waals surface area contributed by atoms with Gasteiger partial charge in [-0.2, -0.15) is 13.2 Å². The van der Waals surface area contributed by atoms with Gasteiger partial charge in [-0.15, -0.1) is 0 Å². The first-order chi connectivity index (χ1) is 8.42. The van der Waals surface area contributed by atoms with Crippen LogP contribution in [0.3, 0.4) is 0 Å². The van der Waals surface area contributed by atoms with Crippen molar-refractivity contribution in [1.29, 1.82) is 0 Å². The van der Waals surface area contributed by atoms with Crippen molar-refractivity contribution < 1.29 is 21.8 Å². The molecule has 108 valence electrons. The molecule has 0 aliphatic carbocycles. The van der Waals surface area contributed by atoms with Crippen LogP contribution >= 0.6 is 0 Å². The van der Waals surface area contributed by atoms with E-state index in [1.165, 1.54) is 6.92 Å². The largest absolute Gasteiger partial charge is 0.417 e.